The number of halogens is 7. The van der Waals surface area contributed by atoms with Gasteiger partial charge < -0.3 is 0 Å². The Morgan fingerprint density at radius 1 is 0.933 bits per heavy atom. The molecule has 0 saturated heterocycles. The minimum Gasteiger partial charge on any atom is -0.291 e. The molecule has 0 aromatic rings. The molecule has 0 aliphatic rings. The SMILES string of the molecule is CC(F)(F)C(F)(F)OCOC(F)(F)CF. The van der Waals surface area contributed by atoms with Gasteiger partial charge in [-0.2, -0.15) is 26.3 Å². The molecule has 0 radical (unpaired) electrons. The van der Waals surface area contributed by atoms with Crippen LogP contribution in [0.15, 0.2) is 0 Å². The van der Waals surface area contributed by atoms with Gasteiger partial charge in [-0.3, -0.25) is 9.47 Å². The van der Waals surface area contributed by atoms with Crippen molar-refractivity contribution in [2.45, 2.75) is 25.1 Å². The predicted octanol–water partition coefficient (Wildman–Crippen LogP) is 2.79. The maximum atomic E-state index is 12.2. The summed E-state index contributed by atoms with van der Waals surface area (Å²) in [5.74, 6) is -4.55. The van der Waals surface area contributed by atoms with Crippen LogP contribution in [0.25, 0.3) is 0 Å². The zero-order valence-electron chi connectivity index (χ0n) is 7.38. The van der Waals surface area contributed by atoms with Gasteiger partial charge in [0.15, 0.2) is 13.5 Å². The standard InChI is InChI=1S/C6H7F7O2/c1-4(8,9)6(12,13)15-3-14-5(10,11)2-7/h2-3H2,1H3. The lowest BCUT2D eigenvalue weighted by atomic mass is 10.4. The van der Waals surface area contributed by atoms with Crippen molar-refractivity contribution >= 4 is 0 Å². The Hall–Kier alpha value is -0.570. The van der Waals surface area contributed by atoms with E-state index in [0.717, 1.165) is 0 Å². The van der Waals surface area contributed by atoms with Crippen LogP contribution in [0.5, 0.6) is 0 Å². The van der Waals surface area contributed by atoms with Crippen molar-refractivity contribution in [2.75, 3.05) is 13.5 Å². The quantitative estimate of drug-likeness (QED) is 0.528. The Labute approximate surface area is 79.9 Å². The molecule has 0 heterocycles. The summed E-state index contributed by atoms with van der Waals surface area (Å²) in [5, 5.41) is 0. The van der Waals surface area contributed by atoms with E-state index >= 15 is 0 Å². The number of alkyl halides is 7. The van der Waals surface area contributed by atoms with Gasteiger partial charge in [0.1, 0.15) is 0 Å². The first-order valence-corrected chi connectivity index (χ1v) is 3.49. The number of rotatable bonds is 6. The van der Waals surface area contributed by atoms with Gasteiger partial charge in [0, 0.05) is 6.92 Å². The molecule has 0 saturated carbocycles. The summed E-state index contributed by atoms with van der Waals surface area (Å²) in [5.41, 5.74) is 0. The maximum Gasteiger partial charge on any atom is 0.421 e. The normalized spacial score (nSPS) is 14.4. The molecular weight excluding hydrogens is 237 g/mol. The zero-order valence-corrected chi connectivity index (χ0v) is 7.38. The van der Waals surface area contributed by atoms with Crippen molar-refractivity contribution in [2.24, 2.45) is 0 Å². The first-order chi connectivity index (χ1) is 6.52. The second-order valence-corrected chi connectivity index (χ2v) is 2.58. The average Bonchev–Trinajstić information content (AvgIpc) is 2.01. The van der Waals surface area contributed by atoms with Gasteiger partial charge in [0.2, 0.25) is 0 Å². The summed E-state index contributed by atoms with van der Waals surface area (Å²) < 4.78 is 89.9. The molecule has 92 valence electrons. The lowest BCUT2D eigenvalue weighted by molar-refractivity contribution is -0.387. The van der Waals surface area contributed by atoms with E-state index < -0.39 is 31.6 Å². The van der Waals surface area contributed by atoms with E-state index in [9.17, 15) is 30.7 Å². The fourth-order valence-electron chi connectivity index (χ4n) is 0.355. The highest BCUT2D eigenvalue weighted by Gasteiger charge is 2.54. The van der Waals surface area contributed by atoms with Crippen LogP contribution in [0.3, 0.4) is 0 Å². The molecule has 0 fully saturated rings. The topological polar surface area (TPSA) is 18.5 Å². The van der Waals surface area contributed by atoms with E-state index in [-0.39, 0.29) is 6.92 Å². The van der Waals surface area contributed by atoms with Crippen LogP contribution in [0.1, 0.15) is 6.92 Å². The summed E-state index contributed by atoms with van der Waals surface area (Å²) >= 11 is 0. The highest BCUT2D eigenvalue weighted by atomic mass is 19.3. The summed E-state index contributed by atoms with van der Waals surface area (Å²) in [4.78, 5) is 0. The van der Waals surface area contributed by atoms with Gasteiger partial charge in [0.25, 0.3) is 0 Å². The van der Waals surface area contributed by atoms with Crippen molar-refractivity contribution in [1.29, 1.82) is 0 Å². The van der Waals surface area contributed by atoms with E-state index in [2.05, 4.69) is 9.47 Å². The Balaban J connectivity index is 4.07. The van der Waals surface area contributed by atoms with Gasteiger partial charge >= 0.3 is 18.1 Å². The first-order valence-electron chi connectivity index (χ1n) is 3.49. The third-order valence-corrected chi connectivity index (χ3v) is 1.18. The molecule has 0 amide bonds. The van der Waals surface area contributed by atoms with Crippen LogP contribution in [-0.2, 0) is 9.47 Å². The Bertz CT molecular complexity index is 200. The lowest BCUT2D eigenvalue weighted by Crippen LogP contribution is -2.41. The van der Waals surface area contributed by atoms with Crippen molar-refractivity contribution in [3.05, 3.63) is 0 Å². The van der Waals surface area contributed by atoms with Crippen LogP contribution in [-0.4, -0.2) is 31.6 Å². The highest BCUT2D eigenvalue weighted by Crippen LogP contribution is 2.34. The monoisotopic (exact) mass is 244 g/mol. The summed E-state index contributed by atoms with van der Waals surface area (Å²) in [6.45, 7) is -4.29. The molecule has 0 aromatic heterocycles. The Morgan fingerprint density at radius 2 is 1.40 bits per heavy atom. The van der Waals surface area contributed by atoms with Crippen LogP contribution >= 0.6 is 0 Å². The van der Waals surface area contributed by atoms with Gasteiger partial charge in [0.05, 0.1) is 0 Å². The molecule has 9 heteroatoms. The molecule has 0 aliphatic heterocycles. The Kier molecular flexibility index (Phi) is 4.35. The third kappa shape index (κ3) is 4.65. The van der Waals surface area contributed by atoms with Crippen molar-refractivity contribution in [1.82, 2.24) is 0 Å². The average molecular weight is 244 g/mol. The number of hydrogen-bond donors (Lipinski definition) is 0. The summed E-state index contributed by atoms with van der Waals surface area (Å²) in [6.07, 6.45) is -9.29. The van der Waals surface area contributed by atoms with Crippen molar-refractivity contribution in [3.8, 4) is 0 Å². The Morgan fingerprint density at radius 3 is 1.73 bits per heavy atom. The minimum atomic E-state index is -4.96. The van der Waals surface area contributed by atoms with Gasteiger partial charge in [-0.1, -0.05) is 0 Å². The van der Waals surface area contributed by atoms with Gasteiger partial charge in [-0.05, 0) is 0 Å². The molecule has 0 aromatic carbocycles. The van der Waals surface area contributed by atoms with Crippen LogP contribution in [0, 0.1) is 0 Å². The van der Waals surface area contributed by atoms with Crippen LogP contribution in [0.2, 0.25) is 0 Å². The smallest absolute Gasteiger partial charge is 0.291 e. The largest absolute Gasteiger partial charge is 0.421 e. The van der Waals surface area contributed by atoms with E-state index in [1.807, 2.05) is 0 Å². The molecule has 0 aliphatic carbocycles. The second-order valence-electron chi connectivity index (χ2n) is 2.58. The molecule has 0 rings (SSSR count). The van der Waals surface area contributed by atoms with Crippen LogP contribution in [0.4, 0.5) is 30.7 Å². The first kappa shape index (κ1) is 14.4. The number of hydrogen-bond acceptors (Lipinski definition) is 2. The van der Waals surface area contributed by atoms with E-state index in [4.69, 9.17) is 0 Å². The molecule has 0 N–H and O–H groups in total. The molecular formula is C6H7F7O2. The predicted molar refractivity (Wildman–Crippen MR) is 33.5 cm³/mol. The minimum absolute atomic E-state index is 0.166. The molecule has 0 atom stereocenters. The zero-order chi connectivity index (χ0) is 12.3. The van der Waals surface area contributed by atoms with Crippen molar-refractivity contribution in [3.63, 3.8) is 0 Å². The molecule has 15 heavy (non-hydrogen) atoms. The van der Waals surface area contributed by atoms with Gasteiger partial charge in [-0.15, -0.1) is 0 Å². The summed E-state index contributed by atoms with van der Waals surface area (Å²) in [7, 11) is 0. The van der Waals surface area contributed by atoms with E-state index in [1.165, 1.54) is 0 Å². The van der Waals surface area contributed by atoms with E-state index in [0.29, 0.717) is 0 Å². The van der Waals surface area contributed by atoms with Crippen molar-refractivity contribution < 1.29 is 40.2 Å². The molecule has 0 bridgehead atoms. The maximum absolute atomic E-state index is 12.2. The summed E-state index contributed by atoms with van der Waals surface area (Å²) in [6, 6.07) is 0. The van der Waals surface area contributed by atoms with Crippen LogP contribution < -0.4 is 0 Å². The third-order valence-electron chi connectivity index (χ3n) is 1.18. The molecule has 2 nitrogen and oxygen atoms in total. The number of ether oxygens (including phenoxy) is 2. The molecule has 0 unspecified atom stereocenters. The highest BCUT2D eigenvalue weighted by molar-refractivity contribution is 4.69. The van der Waals surface area contributed by atoms with Gasteiger partial charge in [-0.25, -0.2) is 4.39 Å². The molecule has 0 spiro atoms. The second kappa shape index (κ2) is 4.52. The lowest BCUT2D eigenvalue weighted by Gasteiger charge is -2.23. The fourth-order valence-corrected chi connectivity index (χ4v) is 0.355. The fraction of sp³-hybridized carbons (Fsp3) is 1.00. The van der Waals surface area contributed by atoms with E-state index in [1.54, 1.807) is 0 Å².